The third-order valence-electron chi connectivity index (χ3n) is 4.92. The third-order valence-corrected chi connectivity index (χ3v) is 4.92. The Morgan fingerprint density at radius 3 is 2.70 bits per heavy atom. The Morgan fingerprint density at radius 1 is 1.22 bits per heavy atom. The summed E-state index contributed by atoms with van der Waals surface area (Å²) in [5.74, 6) is -0.185. The Morgan fingerprint density at radius 2 is 1.96 bits per heavy atom. The first-order valence-electron chi connectivity index (χ1n) is 9.06. The smallest absolute Gasteiger partial charge is 0.255 e. The first-order valence-corrected chi connectivity index (χ1v) is 9.06. The number of likely N-dealkylation sites (N-methyl/N-ethyl adjacent to an activating group) is 1. The van der Waals surface area contributed by atoms with E-state index in [0.29, 0.717) is 18.0 Å². The maximum atomic E-state index is 13.1. The highest BCUT2D eigenvalue weighted by molar-refractivity contribution is 6.26. The molecule has 0 saturated heterocycles. The quantitative estimate of drug-likeness (QED) is 0.794. The topological polar surface area (TPSA) is 65.0 Å². The molecule has 27 heavy (non-hydrogen) atoms. The Labute approximate surface area is 157 Å². The number of hydrogen-bond acceptors (Lipinski definition) is 4. The van der Waals surface area contributed by atoms with Gasteiger partial charge >= 0.3 is 0 Å². The minimum atomic E-state index is -0.343. The number of fused-ring (bicyclic) bond motifs is 3. The molecule has 2 unspecified atom stereocenters. The highest BCUT2D eigenvalue weighted by Gasteiger charge is 2.39. The summed E-state index contributed by atoms with van der Waals surface area (Å²) in [6, 6.07) is 7.67. The Bertz CT molecular complexity index is 1000. The van der Waals surface area contributed by atoms with Gasteiger partial charge in [0.05, 0.1) is 17.5 Å². The number of rotatable bonds is 4. The summed E-state index contributed by atoms with van der Waals surface area (Å²) in [5.41, 5.74) is 0.426. The van der Waals surface area contributed by atoms with Crippen LogP contribution in [0.25, 0.3) is 12.2 Å². The van der Waals surface area contributed by atoms with Crippen molar-refractivity contribution in [3.8, 4) is 0 Å². The number of allylic oxidation sites excluding steroid dienone is 2. The number of amidine groups is 1. The summed E-state index contributed by atoms with van der Waals surface area (Å²) in [4.78, 5) is 33.9. The lowest BCUT2D eigenvalue weighted by Gasteiger charge is -2.35. The molecule has 6 heteroatoms. The predicted molar refractivity (Wildman–Crippen MR) is 105 cm³/mol. The number of aliphatic imine (C=N–C) groups is 1. The molecule has 138 valence electrons. The van der Waals surface area contributed by atoms with Gasteiger partial charge in [0.1, 0.15) is 5.84 Å². The standard InChI is InChI=1S/C21H22N4O2/c1-24(2)11-9-22-20(26)16-8-5-10-25-19(16)23-18-13-15-7-4-3-6-14(15)12-17(18)21(25)27/h3-8,10,12-13,17-18H,9,11H2,1-2H3,(H,22,26). The predicted octanol–water partition coefficient (Wildman–Crippen LogP) is -0.382. The number of carbonyl (C=O) groups excluding carboxylic acids is 2. The summed E-state index contributed by atoms with van der Waals surface area (Å²) in [6.07, 6.45) is 9.11. The molecule has 2 aliphatic heterocycles. The van der Waals surface area contributed by atoms with Gasteiger partial charge in [-0.3, -0.25) is 19.5 Å². The molecule has 3 aliphatic rings. The Kier molecular flexibility index (Phi) is 4.49. The molecule has 0 bridgehead atoms. The zero-order valence-corrected chi connectivity index (χ0v) is 15.4. The van der Waals surface area contributed by atoms with Gasteiger partial charge in [0.15, 0.2) is 0 Å². The second-order valence-electron chi connectivity index (χ2n) is 7.12. The van der Waals surface area contributed by atoms with Crippen molar-refractivity contribution in [2.75, 3.05) is 27.2 Å². The van der Waals surface area contributed by atoms with E-state index in [2.05, 4.69) is 5.32 Å². The van der Waals surface area contributed by atoms with Crippen LogP contribution in [0.1, 0.15) is 0 Å². The fraction of sp³-hybridized carbons (Fsp3) is 0.286. The van der Waals surface area contributed by atoms with Crippen molar-refractivity contribution in [2.45, 2.75) is 6.04 Å². The molecule has 0 aromatic heterocycles. The molecule has 6 nitrogen and oxygen atoms in total. The van der Waals surface area contributed by atoms with Crippen molar-refractivity contribution < 1.29 is 9.59 Å². The molecule has 2 amide bonds. The van der Waals surface area contributed by atoms with E-state index in [0.717, 1.165) is 17.0 Å². The lowest BCUT2D eigenvalue weighted by atomic mass is 9.89. The molecule has 0 spiro atoms. The maximum Gasteiger partial charge on any atom is 0.255 e. The van der Waals surface area contributed by atoms with Gasteiger partial charge in [0.2, 0.25) is 5.91 Å². The number of benzene rings is 1. The zero-order chi connectivity index (χ0) is 19.0. The number of amides is 2. The SMILES string of the molecule is CN(C)CCNC(=O)C1=CC=CN2C(=O)C3C=c4ccccc4=CC3N=C12. The molecular formula is C21H22N4O2. The highest BCUT2D eigenvalue weighted by atomic mass is 16.2. The molecule has 1 aromatic carbocycles. The van der Waals surface area contributed by atoms with Crippen molar-refractivity contribution in [3.63, 3.8) is 0 Å². The third kappa shape index (κ3) is 3.24. The number of nitrogens with one attached hydrogen (secondary N) is 1. The van der Waals surface area contributed by atoms with Gasteiger partial charge in [-0.25, -0.2) is 0 Å². The normalized spacial score (nSPS) is 22.6. The zero-order valence-electron chi connectivity index (χ0n) is 15.4. The minimum Gasteiger partial charge on any atom is -0.351 e. The summed E-state index contributed by atoms with van der Waals surface area (Å²) < 4.78 is 0. The molecule has 4 rings (SSSR count). The van der Waals surface area contributed by atoms with Crippen LogP contribution in [0.4, 0.5) is 0 Å². The van der Waals surface area contributed by atoms with E-state index < -0.39 is 0 Å². The van der Waals surface area contributed by atoms with Crippen molar-refractivity contribution >= 4 is 29.8 Å². The number of carbonyl (C=O) groups is 2. The molecular weight excluding hydrogens is 340 g/mol. The monoisotopic (exact) mass is 362 g/mol. The number of hydrogen-bond donors (Lipinski definition) is 1. The van der Waals surface area contributed by atoms with Crippen LogP contribution in [0, 0.1) is 5.92 Å². The molecule has 1 N–H and O–H groups in total. The van der Waals surface area contributed by atoms with Gasteiger partial charge in [-0.05, 0) is 36.7 Å². The van der Waals surface area contributed by atoms with Gasteiger partial charge in [-0.15, -0.1) is 0 Å². The van der Waals surface area contributed by atoms with Crippen LogP contribution < -0.4 is 15.8 Å². The molecule has 2 atom stereocenters. The van der Waals surface area contributed by atoms with Crippen molar-refractivity contribution in [2.24, 2.45) is 10.9 Å². The molecule has 1 aromatic rings. The fourth-order valence-corrected chi connectivity index (χ4v) is 3.51. The maximum absolute atomic E-state index is 13.1. The van der Waals surface area contributed by atoms with E-state index >= 15 is 0 Å². The van der Waals surface area contributed by atoms with E-state index in [-0.39, 0.29) is 23.8 Å². The lowest BCUT2D eigenvalue weighted by Crippen LogP contribution is -2.51. The average molecular weight is 362 g/mol. The van der Waals surface area contributed by atoms with Crippen LogP contribution in [-0.4, -0.2) is 60.7 Å². The molecule has 0 saturated carbocycles. The lowest BCUT2D eigenvalue weighted by molar-refractivity contribution is -0.128. The summed E-state index contributed by atoms with van der Waals surface area (Å²) in [6.45, 7) is 1.28. The number of nitrogens with zero attached hydrogens (tertiary/aromatic N) is 3. The van der Waals surface area contributed by atoms with E-state index in [1.54, 1.807) is 18.4 Å². The Balaban J connectivity index is 1.66. The van der Waals surface area contributed by atoms with E-state index in [1.807, 2.05) is 55.4 Å². The van der Waals surface area contributed by atoms with Crippen molar-refractivity contribution in [1.82, 2.24) is 15.1 Å². The molecule has 0 fully saturated rings. The Hall–Kier alpha value is -2.99. The van der Waals surface area contributed by atoms with E-state index in [1.165, 1.54) is 4.90 Å². The summed E-state index contributed by atoms with van der Waals surface area (Å²) >= 11 is 0. The van der Waals surface area contributed by atoms with Crippen LogP contribution in [0.5, 0.6) is 0 Å². The first-order chi connectivity index (χ1) is 13.0. The molecule has 1 aliphatic carbocycles. The van der Waals surface area contributed by atoms with Crippen molar-refractivity contribution in [3.05, 3.63) is 58.6 Å². The van der Waals surface area contributed by atoms with Crippen LogP contribution in [0.3, 0.4) is 0 Å². The van der Waals surface area contributed by atoms with Crippen LogP contribution in [0.2, 0.25) is 0 Å². The van der Waals surface area contributed by atoms with Crippen molar-refractivity contribution in [1.29, 1.82) is 0 Å². The molecule has 0 radical (unpaired) electrons. The minimum absolute atomic E-state index is 0.0568. The summed E-state index contributed by atoms with van der Waals surface area (Å²) in [7, 11) is 3.90. The van der Waals surface area contributed by atoms with Crippen LogP contribution in [0.15, 0.2) is 53.2 Å². The van der Waals surface area contributed by atoms with E-state index in [4.69, 9.17) is 4.99 Å². The highest BCUT2D eigenvalue weighted by Crippen LogP contribution is 2.27. The summed E-state index contributed by atoms with van der Waals surface area (Å²) in [5, 5.41) is 5.01. The van der Waals surface area contributed by atoms with Gasteiger partial charge in [-0.2, -0.15) is 0 Å². The fourth-order valence-electron chi connectivity index (χ4n) is 3.51. The van der Waals surface area contributed by atoms with Crippen LogP contribution in [-0.2, 0) is 9.59 Å². The average Bonchev–Trinajstić information content (AvgIpc) is 2.66. The second kappa shape index (κ2) is 6.96. The van der Waals surface area contributed by atoms with Gasteiger partial charge < -0.3 is 10.2 Å². The largest absolute Gasteiger partial charge is 0.351 e. The van der Waals surface area contributed by atoms with E-state index in [9.17, 15) is 9.59 Å². The first kappa shape index (κ1) is 17.4. The molecule has 2 heterocycles. The van der Waals surface area contributed by atoms with Gasteiger partial charge in [-0.1, -0.05) is 36.4 Å². The van der Waals surface area contributed by atoms with Gasteiger partial charge in [0, 0.05) is 19.3 Å². The van der Waals surface area contributed by atoms with Crippen LogP contribution >= 0.6 is 0 Å². The van der Waals surface area contributed by atoms with Gasteiger partial charge in [0.25, 0.3) is 5.91 Å². The second-order valence-corrected chi connectivity index (χ2v) is 7.12.